The van der Waals surface area contributed by atoms with Gasteiger partial charge in [-0.25, -0.2) is 8.78 Å². The van der Waals surface area contributed by atoms with Crippen LogP contribution in [0.1, 0.15) is 46.4 Å². The molecule has 0 unspecified atom stereocenters. The van der Waals surface area contributed by atoms with E-state index in [1.165, 1.54) is 11.3 Å². The summed E-state index contributed by atoms with van der Waals surface area (Å²) in [4.78, 5) is 41.7. The van der Waals surface area contributed by atoms with E-state index in [0.717, 1.165) is 44.8 Å². The second kappa shape index (κ2) is 9.94. The monoisotopic (exact) mass is 534 g/mol. The van der Waals surface area contributed by atoms with E-state index in [4.69, 9.17) is 0 Å². The zero-order valence-corrected chi connectivity index (χ0v) is 21.7. The van der Waals surface area contributed by atoms with Crippen molar-refractivity contribution in [1.82, 2.24) is 20.0 Å². The number of carbonyl (C=O) groups excluding carboxylic acids is 3. The van der Waals surface area contributed by atoms with Gasteiger partial charge in [0.05, 0.1) is 33.9 Å². The van der Waals surface area contributed by atoms with Gasteiger partial charge in [-0.2, -0.15) is 5.10 Å². The third kappa shape index (κ3) is 4.63. The fourth-order valence-corrected chi connectivity index (χ4v) is 5.70. The highest BCUT2D eigenvalue weighted by Gasteiger charge is 2.37. The predicted octanol–water partition coefficient (Wildman–Crippen LogP) is 4.68. The minimum absolute atomic E-state index is 0.0282. The first-order valence-electron chi connectivity index (χ1n) is 11.9. The summed E-state index contributed by atoms with van der Waals surface area (Å²) in [6, 6.07) is 10.4. The molecular formula is C28H24F2N4O3S. The minimum Gasteiger partial charge on any atom is -0.346 e. The summed E-state index contributed by atoms with van der Waals surface area (Å²) in [7, 11) is 1.82. The zero-order valence-electron chi connectivity index (χ0n) is 20.9. The standard InChI is InChI=1S/C28H24F2N4O3S/c1-15-13-31-33(3)25(15)22-12-24(38-16(22)2)26(35)32-19(11-17-10-18(29)8-9-23(17)30)14-34-27(36)20-6-4-5-7-21(20)28(34)37/h4-10,12-13,19H,11,14H2,1-3H3,(H,32,35)/t19-/m0/s1. The number of hydrogen-bond acceptors (Lipinski definition) is 5. The summed E-state index contributed by atoms with van der Waals surface area (Å²) >= 11 is 1.29. The van der Waals surface area contributed by atoms with Crippen molar-refractivity contribution in [3.63, 3.8) is 0 Å². The van der Waals surface area contributed by atoms with Gasteiger partial charge in [-0.15, -0.1) is 11.3 Å². The van der Waals surface area contributed by atoms with E-state index in [9.17, 15) is 23.2 Å². The summed E-state index contributed by atoms with van der Waals surface area (Å²) in [5, 5.41) is 7.12. The molecule has 194 valence electrons. The molecule has 0 spiro atoms. The van der Waals surface area contributed by atoms with Crippen LogP contribution in [0, 0.1) is 25.5 Å². The molecule has 0 bridgehead atoms. The second-order valence-corrected chi connectivity index (χ2v) is 10.5. The smallest absolute Gasteiger partial charge is 0.261 e. The second-order valence-electron chi connectivity index (χ2n) is 9.26. The van der Waals surface area contributed by atoms with Gasteiger partial charge in [-0.1, -0.05) is 12.1 Å². The number of fused-ring (bicyclic) bond motifs is 1. The molecule has 1 atom stereocenters. The van der Waals surface area contributed by atoms with E-state index in [0.29, 0.717) is 4.88 Å². The molecule has 0 saturated carbocycles. The van der Waals surface area contributed by atoms with Crippen LogP contribution in [0.3, 0.4) is 0 Å². The van der Waals surface area contributed by atoms with E-state index in [-0.39, 0.29) is 29.7 Å². The number of hydrogen-bond donors (Lipinski definition) is 1. The summed E-state index contributed by atoms with van der Waals surface area (Å²) in [5.41, 5.74) is 3.29. The Labute approximate surface area is 221 Å². The highest BCUT2D eigenvalue weighted by Crippen LogP contribution is 2.33. The lowest BCUT2D eigenvalue weighted by atomic mass is 10.0. The van der Waals surface area contributed by atoms with Crippen LogP contribution in [0.25, 0.3) is 11.3 Å². The maximum absolute atomic E-state index is 14.5. The summed E-state index contributed by atoms with van der Waals surface area (Å²) < 4.78 is 30.2. The lowest BCUT2D eigenvalue weighted by molar-refractivity contribution is 0.0629. The van der Waals surface area contributed by atoms with Crippen LogP contribution in [0.15, 0.2) is 54.7 Å². The number of nitrogens with one attached hydrogen (secondary N) is 1. The van der Waals surface area contributed by atoms with E-state index in [1.807, 2.05) is 20.9 Å². The van der Waals surface area contributed by atoms with Gasteiger partial charge in [0.25, 0.3) is 17.7 Å². The Hall–Kier alpha value is -4.18. The zero-order chi connectivity index (χ0) is 27.1. The molecule has 3 amide bonds. The van der Waals surface area contributed by atoms with Crippen molar-refractivity contribution in [2.75, 3.05) is 6.54 Å². The van der Waals surface area contributed by atoms with Crippen molar-refractivity contribution in [3.05, 3.63) is 98.4 Å². The molecule has 0 saturated heterocycles. The number of carbonyl (C=O) groups is 3. The Balaban J connectivity index is 1.44. The van der Waals surface area contributed by atoms with Gasteiger partial charge in [0.1, 0.15) is 11.6 Å². The highest BCUT2D eigenvalue weighted by molar-refractivity contribution is 7.14. The molecule has 10 heteroatoms. The molecule has 2 aromatic heterocycles. The molecule has 4 aromatic rings. The van der Waals surface area contributed by atoms with E-state index in [1.54, 1.807) is 41.2 Å². The van der Waals surface area contributed by atoms with Crippen molar-refractivity contribution in [1.29, 1.82) is 0 Å². The molecule has 7 nitrogen and oxygen atoms in total. The molecule has 0 radical (unpaired) electrons. The van der Waals surface area contributed by atoms with Crippen LogP contribution in [0.5, 0.6) is 0 Å². The SMILES string of the molecule is Cc1cnn(C)c1-c1cc(C(=O)N[C@@H](Cc2cc(F)ccc2F)CN2C(=O)c3ccccc3C2=O)sc1C. The molecule has 0 fully saturated rings. The van der Waals surface area contributed by atoms with Crippen LogP contribution < -0.4 is 5.32 Å². The fraction of sp³-hybridized carbons (Fsp3) is 0.214. The molecule has 1 aliphatic rings. The van der Waals surface area contributed by atoms with Crippen LogP contribution >= 0.6 is 11.3 Å². The molecule has 1 N–H and O–H groups in total. The number of aromatic nitrogens is 2. The summed E-state index contributed by atoms with van der Waals surface area (Å²) in [5.74, 6) is -2.70. The van der Waals surface area contributed by atoms with E-state index >= 15 is 0 Å². The fourth-order valence-electron chi connectivity index (χ4n) is 4.77. The first-order valence-corrected chi connectivity index (χ1v) is 12.7. The number of imide groups is 1. The van der Waals surface area contributed by atoms with Crippen molar-refractivity contribution in [2.45, 2.75) is 26.3 Å². The number of amides is 3. The summed E-state index contributed by atoms with van der Waals surface area (Å²) in [6.45, 7) is 3.64. The number of nitrogens with zero attached hydrogens (tertiary/aromatic N) is 3. The van der Waals surface area contributed by atoms with Crippen molar-refractivity contribution in [3.8, 4) is 11.3 Å². The first kappa shape index (κ1) is 25.5. The maximum Gasteiger partial charge on any atom is 0.261 e. The highest BCUT2D eigenvalue weighted by atomic mass is 32.1. The van der Waals surface area contributed by atoms with Crippen molar-refractivity contribution >= 4 is 29.1 Å². The predicted molar refractivity (Wildman–Crippen MR) is 139 cm³/mol. The van der Waals surface area contributed by atoms with Gasteiger partial charge in [-0.05, 0) is 67.8 Å². The Morgan fingerprint density at radius 3 is 2.34 bits per heavy atom. The largest absolute Gasteiger partial charge is 0.346 e. The maximum atomic E-state index is 14.5. The Bertz CT molecular complexity index is 1540. The van der Waals surface area contributed by atoms with E-state index in [2.05, 4.69) is 10.4 Å². The minimum atomic E-state index is -0.870. The average Bonchev–Trinajstić information content (AvgIpc) is 3.50. The van der Waals surface area contributed by atoms with Gasteiger partial charge < -0.3 is 5.32 Å². The van der Waals surface area contributed by atoms with Crippen molar-refractivity contribution in [2.24, 2.45) is 7.05 Å². The van der Waals surface area contributed by atoms with E-state index < -0.39 is 35.4 Å². The Morgan fingerprint density at radius 1 is 1.03 bits per heavy atom. The van der Waals surface area contributed by atoms with Gasteiger partial charge in [0.2, 0.25) is 0 Å². The van der Waals surface area contributed by atoms with Gasteiger partial charge in [0.15, 0.2) is 0 Å². The number of benzene rings is 2. The van der Waals surface area contributed by atoms with Crippen molar-refractivity contribution < 1.29 is 23.2 Å². The molecular weight excluding hydrogens is 510 g/mol. The van der Waals surface area contributed by atoms with Crippen LogP contribution in [0.4, 0.5) is 8.78 Å². The van der Waals surface area contributed by atoms with Crippen LogP contribution in [-0.2, 0) is 13.5 Å². The quantitative estimate of drug-likeness (QED) is 0.349. The topological polar surface area (TPSA) is 84.3 Å². The number of rotatable bonds is 7. The molecule has 38 heavy (non-hydrogen) atoms. The van der Waals surface area contributed by atoms with Gasteiger partial charge in [0, 0.05) is 24.0 Å². The van der Waals surface area contributed by atoms with Gasteiger partial charge >= 0.3 is 0 Å². The normalized spacial score (nSPS) is 13.7. The van der Waals surface area contributed by atoms with Crippen LogP contribution in [0.2, 0.25) is 0 Å². The molecule has 2 aromatic carbocycles. The number of thiophene rings is 1. The molecule has 0 aliphatic carbocycles. The first-order chi connectivity index (χ1) is 18.1. The average molecular weight is 535 g/mol. The Kier molecular flexibility index (Phi) is 6.66. The molecule has 1 aliphatic heterocycles. The number of aryl methyl sites for hydroxylation is 3. The number of halogens is 2. The summed E-state index contributed by atoms with van der Waals surface area (Å²) in [6.07, 6.45) is 1.62. The third-order valence-electron chi connectivity index (χ3n) is 6.61. The third-order valence-corrected chi connectivity index (χ3v) is 7.66. The lowest BCUT2D eigenvalue weighted by Gasteiger charge is -2.24. The molecule has 5 rings (SSSR count). The van der Waals surface area contributed by atoms with Crippen LogP contribution in [-0.4, -0.2) is 45.0 Å². The van der Waals surface area contributed by atoms with Gasteiger partial charge in [-0.3, -0.25) is 24.0 Å². The lowest BCUT2D eigenvalue weighted by Crippen LogP contribution is -2.47. The Morgan fingerprint density at radius 2 is 1.71 bits per heavy atom. The molecule has 3 heterocycles.